The van der Waals surface area contributed by atoms with Crippen molar-refractivity contribution in [2.24, 2.45) is 4.99 Å². The Morgan fingerprint density at radius 2 is 2.12 bits per heavy atom. The van der Waals surface area contributed by atoms with E-state index in [4.69, 9.17) is 0 Å². The molecule has 0 aliphatic heterocycles. The molecule has 2 aromatic rings. The van der Waals surface area contributed by atoms with Gasteiger partial charge in [-0.25, -0.2) is 0 Å². The fourth-order valence-electron chi connectivity index (χ4n) is 2.38. The maximum Gasteiger partial charge on any atom is 0.226 e. The molecule has 1 aromatic carbocycles. The molecule has 1 heterocycles. The number of halogens is 1. The van der Waals surface area contributed by atoms with Crippen molar-refractivity contribution in [2.75, 3.05) is 25.5 Å². The number of guanidine groups is 1. The fraction of sp³-hybridized carbons (Fsp3) is 0.368. The Bertz CT molecular complexity index is 746. The molecule has 1 unspecified atom stereocenters. The van der Waals surface area contributed by atoms with E-state index in [-0.39, 0.29) is 5.91 Å². The molecule has 1 atom stereocenters. The lowest BCUT2D eigenvalue weighted by Crippen LogP contribution is -2.40. The first-order valence-corrected chi connectivity index (χ1v) is 10.2. The van der Waals surface area contributed by atoms with Gasteiger partial charge in [0.05, 0.1) is 0 Å². The summed E-state index contributed by atoms with van der Waals surface area (Å²) in [4.78, 5) is 17.7. The van der Waals surface area contributed by atoms with E-state index in [1.807, 2.05) is 25.1 Å². The number of carbonyl (C=O) groups excluding carboxylic acids is 1. The van der Waals surface area contributed by atoms with E-state index in [1.165, 1.54) is 4.88 Å². The highest BCUT2D eigenvalue weighted by Crippen LogP contribution is 2.21. The molecule has 0 fully saturated rings. The molecule has 0 radical (unpaired) electrons. The highest BCUT2D eigenvalue weighted by Gasteiger charge is 2.09. The SMILES string of the molecule is CN=C(NCCC(=O)Nc1cc(Br)ccc1C)NCC(C)c1cccs1. The van der Waals surface area contributed by atoms with Gasteiger partial charge in [0.25, 0.3) is 0 Å². The second kappa shape index (κ2) is 10.3. The minimum atomic E-state index is -0.0268. The van der Waals surface area contributed by atoms with Gasteiger partial charge < -0.3 is 16.0 Å². The average Bonchev–Trinajstić information content (AvgIpc) is 3.15. The summed E-state index contributed by atoms with van der Waals surface area (Å²) in [6.45, 7) is 5.47. The van der Waals surface area contributed by atoms with E-state index in [2.05, 4.69) is 61.3 Å². The number of hydrogen-bond acceptors (Lipinski definition) is 3. The smallest absolute Gasteiger partial charge is 0.226 e. The van der Waals surface area contributed by atoms with Crippen LogP contribution in [0.1, 0.15) is 29.7 Å². The van der Waals surface area contributed by atoms with Crippen LogP contribution >= 0.6 is 27.3 Å². The lowest BCUT2D eigenvalue weighted by molar-refractivity contribution is -0.116. The van der Waals surface area contributed by atoms with E-state index >= 15 is 0 Å². The summed E-state index contributed by atoms with van der Waals surface area (Å²) in [5.74, 6) is 1.09. The van der Waals surface area contributed by atoms with Gasteiger partial charge in [-0.2, -0.15) is 0 Å². The molecule has 2 rings (SSSR count). The topological polar surface area (TPSA) is 65.5 Å². The van der Waals surface area contributed by atoms with Crippen LogP contribution in [0.3, 0.4) is 0 Å². The Balaban J connectivity index is 1.73. The number of hydrogen-bond donors (Lipinski definition) is 3. The van der Waals surface area contributed by atoms with E-state index in [0.717, 1.165) is 22.3 Å². The van der Waals surface area contributed by atoms with Crippen LogP contribution in [-0.2, 0) is 4.79 Å². The molecule has 5 nitrogen and oxygen atoms in total. The zero-order chi connectivity index (χ0) is 18.9. The van der Waals surface area contributed by atoms with Crippen LogP contribution in [-0.4, -0.2) is 32.0 Å². The van der Waals surface area contributed by atoms with Crippen LogP contribution in [0.4, 0.5) is 5.69 Å². The summed E-state index contributed by atoms with van der Waals surface area (Å²) in [7, 11) is 1.73. The third-order valence-corrected chi connectivity index (χ3v) is 5.54. The summed E-state index contributed by atoms with van der Waals surface area (Å²) < 4.78 is 0.945. The van der Waals surface area contributed by atoms with Crippen molar-refractivity contribution in [3.05, 3.63) is 50.6 Å². The summed E-state index contributed by atoms with van der Waals surface area (Å²) in [6.07, 6.45) is 0.368. The molecular formula is C19H25BrN4OS. The van der Waals surface area contributed by atoms with Gasteiger partial charge in [-0.05, 0) is 36.1 Å². The predicted molar refractivity (Wildman–Crippen MR) is 114 cm³/mol. The number of nitrogens with zero attached hydrogens (tertiary/aromatic N) is 1. The molecule has 0 aliphatic rings. The average molecular weight is 437 g/mol. The maximum absolute atomic E-state index is 12.1. The first kappa shape index (κ1) is 20.5. The third kappa shape index (κ3) is 6.46. The highest BCUT2D eigenvalue weighted by molar-refractivity contribution is 9.10. The largest absolute Gasteiger partial charge is 0.356 e. The number of carbonyl (C=O) groups is 1. The molecule has 0 spiro atoms. The second-order valence-electron chi connectivity index (χ2n) is 6.05. The number of benzene rings is 1. The van der Waals surface area contributed by atoms with Gasteiger partial charge in [0.15, 0.2) is 5.96 Å². The molecule has 26 heavy (non-hydrogen) atoms. The standard InChI is InChI=1S/C19H25BrN4OS/c1-13-6-7-15(20)11-16(13)24-18(25)8-9-22-19(21-3)23-12-14(2)17-5-4-10-26-17/h4-7,10-11,14H,8-9,12H2,1-3H3,(H,24,25)(H2,21,22,23). The van der Waals surface area contributed by atoms with Crippen molar-refractivity contribution in [3.63, 3.8) is 0 Å². The van der Waals surface area contributed by atoms with E-state index in [9.17, 15) is 4.79 Å². The molecule has 0 saturated carbocycles. The zero-order valence-electron chi connectivity index (χ0n) is 15.3. The Morgan fingerprint density at radius 3 is 2.81 bits per heavy atom. The van der Waals surface area contributed by atoms with Gasteiger partial charge >= 0.3 is 0 Å². The van der Waals surface area contributed by atoms with Crippen LogP contribution in [0.2, 0.25) is 0 Å². The van der Waals surface area contributed by atoms with Crippen molar-refractivity contribution < 1.29 is 4.79 Å². The highest BCUT2D eigenvalue weighted by atomic mass is 79.9. The molecule has 1 aromatic heterocycles. The molecule has 140 valence electrons. The fourth-order valence-corrected chi connectivity index (χ4v) is 3.53. The molecule has 0 aliphatic carbocycles. The third-order valence-electron chi connectivity index (χ3n) is 3.95. The minimum Gasteiger partial charge on any atom is -0.356 e. The molecule has 7 heteroatoms. The van der Waals surface area contributed by atoms with Crippen LogP contribution in [0, 0.1) is 6.92 Å². The lowest BCUT2D eigenvalue weighted by Gasteiger charge is -2.15. The van der Waals surface area contributed by atoms with E-state index in [0.29, 0.717) is 24.8 Å². The second-order valence-corrected chi connectivity index (χ2v) is 7.95. The maximum atomic E-state index is 12.1. The summed E-state index contributed by atoms with van der Waals surface area (Å²) in [5.41, 5.74) is 1.87. The Morgan fingerprint density at radius 1 is 1.31 bits per heavy atom. The number of nitrogens with one attached hydrogen (secondary N) is 3. The number of thiophene rings is 1. The van der Waals surface area contributed by atoms with Crippen LogP contribution in [0.5, 0.6) is 0 Å². The first-order chi connectivity index (χ1) is 12.5. The Hall–Kier alpha value is -1.86. The molecule has 0 bridgehead atoms. The number of rotatable bonds is 7. The van der Waals surface area contributed by atoms with Gasteiger partial charge in [0, 0.05) is 47.5 Å². The number of aryl methyl sites for hydroxylation is 1. The van der Waals surface area contributed by atoms with E-state index in [1.54, 1.807) is 18.4 Å². The number of amides is 1. The van der Waals surface area contributed by atoms with Crippen LogP contribution < -0.4 is 16.0 Å². The van der Waals surface area contributed by atoms with Crippen molar-refractivity contribution in [1.82, 2.24) is 10.6 Å². The monoisotopic (exact) mass is 436 g/mol. The number of aliphatic imine (C=N–C) groups is 1. The minimum absolute atomic E-state index is 0.0268. The lowest BCUT2D eigenvalue weighted by atomic mass is 10.1. The Labute approximate surface area is 167 Å². The van der Waals surface area contributed by atoms with Crippen LogP contribution in [0.25, 0.3) is 0 Å². The van der Waals surface area contributed by atoms with Gasteiger partial charge in [0.2, 0.25) is 5.91 Å². The van der Waals surface area contributed by atoms with Gasteiger partial charge in [0.1, 0.15) is 0 Å². The Kier molecular flexibility index (Phi) is 8.12. The van der Waals surface area contributed by atoms with Crippen molar-refractivity contribution in [3.8, 4) is 0 Å². The summed E-state index contributed by atoms with van der Waals surface area (Å²) in [6, 6.07) is 10.0. The molecular weight excluding hydrogens is 412 g/mol. The molecule has 3 N–H and O–H groups in total. The van der Waals surface area contributed by atoms with Crippen LogP contribution in [0.15, 0.2) is 45.2 Å². The normalized spacial score (nSPS) is 12.5. The first-order valence-electron chi connectivity index (χ1n) is 8.53. The van der Waals surface area contributed by atoms with Crippen molar-refractivity contribution in [2.45, 2.75) is 26.2 Å². The predicted octanol–water partition coefficient (Wildman–Crippen LogP) is 4.12. The van der Waals surface area contributed by atoms with Gasteiger partial charge in [-0.1, -0.05) is 35.0 Å². The summed E-state index contributed by atoms with van der Waals surface area (Å²) in [5, 5.41) is 11.5. The van der Waals surface area contributed by atoms with Crippen molar-refractivity contribution in [1.29, 1.82) is 0 Å². The van der Waals surface area contributed by atoms with E-state index < -0.39 is 0 Å². The zero-order valence-corrected chi connectivity index (χ0v) is 17.7. The van der Waals surface area contributed by atoms with Gasteiger partial charge in [-0.15, -0.1) is 11.3 Å². The van der Waals surface area contributed by atoms with Gasteiger partial charge in [-0.3, -0.25) is 9.79 Å². The molecule has 1 amide bonds. The van der Waals surface area contributed by atoms with Crippen molar-refractivity contribution >= 4 is 44.8 Å². The molecule has 0 saturated heterocycles. The number of anilines is 1. The summed E-state index contributed by atoms with van der Waals surface area (Å²) >= 11 is 5.18. The quantitative estimate of drug-likeness (QED) is 0.451.